The van der Waals surface area contributed by atoms with Gasteiger partial charge in [-0.2, -0.15) is 0 Å². The van der Waals surface area contributed by atoms with E-state index in [1.54, 1.807) is 32.1 Å². The van der Waals surface area contributed by atoms with Crippen LogP contribution in [0.5, 0.6) is 0 Å². The van der Waals surface area contributed by atoms with E-state index >= 15 is 0 Å². The van der Waals surface area contributed by atoms with Crippen LogP contribution in [-0.4, -0.2) is 27.6 Å². The third kappa shape index (κ3) is 3.41. The van der Waals surface area contributed by atoms with Crippen LogP contribution in [0.1, 0.15) is 22.1 Å². The molecule has 1 amide bonds. The minimum Gasteiger partial charge on any atom is -0.360 e. The van der Waals surface area contributed by atoms with Crippen molar-refractivity contribution in [2.24, 2.45) is 0 Å². The van der Waals surface area contributed by atoms with Gasteiger partial charge in [0.1, 0.15) is 23.1 Å². The van der Waals surface area contributed by atoms with Crippen LogP contribution >= 0.6 is 0 Å². The molecule has 0 bridgehead atoms. The van der Waals surface area contributed by atoms with E-state index in [-0.39, 0.29) is 11.6 Å². The average Bonchev–Trinajstić information content (AvgIpc) is 2.80. The van der Waals surface area contributed by atoms with E-state index < -0.39 is 0 Å². The monoisotopic (exact) mass is 273 g/mol. The van der Waals surface area contributed by atoms with Crippen molar-refractivity contribution in [1.29, 1.82) is 0 Å². The summed E-state index contributed by atoms with van der Waals surface area (Å²) in [7, 11) is 0. The SMILES string of the molecule is C=CCNC(=O)c1cc(Nc2cc(C)on2)nc(C)n1. The first-order valence-electron chi connectivity index (χ1n) is 6.03. The van der Waals surface area contributed by atoms with Crippen LogP contribution < -0.4 is 10.6 Å². The van der Waals surface area contributed by atoms with Crippen LogP contribution in [-0.2, 0) is 0 Å². The van der Waals surface area contributed by atoms with Crippen LogP contribution in [0.15, 0.2) is 29.3 Å². The summed E-state index contributed by atoms with van der Waals surface area (Å²) in [5, 5.41) is 9.43. The maximum absolute atomic E-state index is 11.9. The summed E-state index contributed by atoms with van der Waals surface area (Å²) in [6, 6.07) is 3.28. The molecule has 104 valence electrons. The second-order valence-electron chi connectivity index (χ2n) is 4.13. The molecule has 2 heterocycles. The largest absolute Gasteiger partial charge is 0.360 e. The molecule has 0 saturated carbocycles. The second-order valence-corrected chi connectivity index (χ2v) is 4.13. The summed E-state index contributed by atoms with van der Waals surface area (Å²) < 4.78 is 4.95. The van der Waals surface area contributed by atoms with E-state index in [9.17, 15) is 4.79 Å². The Kier molecular flexibility index (Phi) is 4.09. The summed E-state index contributed by atoms with van der Waals surface area (Å²) >= 11 is 0. The normalized spacial score (nSPS) is 10.1. The lowest BCUT2D eigenvalue weighted by Gasteiger charge is -2.06. The molecular weight excluding hydrogens is 258 g/mol. The number of carbonyl (C=O) groups excluding carboxylic acids is 1. The van der Waals surface area contributed by atoms with Gasteiger partial charge in [0.15, 0.2) is 5.82 Å². The second kappa shape index (κ2) is 5.96. The fourth-order valence-electron chi connectivity index (χ4n) is 1.56. The van der Waals surface area contributed by atoms with Gasteiger partial charge in [0.25, 0.3) is 5.91 Å². The highest BCUT2D eigenvalue weighted by atomic mass is 16.5. The minimum absolute atomic E-state index is 0.280. The average molecular weight is 273 g/mol. The zero-order valence-electron chi connectivity index (χ0n) is 11.3. The van der Waals surface area contributed by atoms with Gasteiger partial charge in [0.2, 0.25) is 0 Å². The molecule has 2 aromatic heterocycles. The third-order valence-electron chi connectivity index (χ3n) is 2.36. The Morgan fingerprint density at radius 2 is 2.15 bits per heavy atom. The summed E-state index contributed by atoms with van der Waals surface area (Å²) in [6.07, 6.45) is 1.60. The molecule has 7 nitrogen and oxygen atoms in total. The molecule has 2 aromatic rings. The van der Waals surface area contributed by atoms with Crippen molar-refractivity contribution in [3.63, 3.8) is 0 Å². The summed E-state index contributed by atoms with van der Waals surface area (Å²) in [6.45, 7) is 7.42. The van der Waals surface area contributed by atoms with E-state index in [4.69, 9.17) is 4.52 Å². The number of nitrogens with one attached hydrogen (secondary N) is 2. The van der Waals surface area contributed by atoms with Crippen molar-refractivity contribution in [3.05, 3.63) is 42.1 Å². The van der Waals surface area contributed by atoms with E-state index in [0.717, 1.165) is 0 Å². The third-order valence-corrected chi connectivity index (χ3v) is 2.36. The molecule has 20 heavy (non-hydrogen) atoms. The van der Waals surface area contributed by atoms with Crippen LogP contribution in [0.3, 0.4) is 0 Å². The van der Waals surface area contributed by atoms with Gasteiger partial charge in [-0.1, -0.05) is 11.2 Å². The Morgan fingerprint density at radius 3 is 2.80 bits per heavy atom. The molecule has 7 heteroatoms. The van der Waals surface area contributed by atoms with Gasteiger partial charge in [-0.15, -0.1) is 6.58 Å². The lowest BCUT2D eigenvalue weighted by molar-refractivity contribution is 0.0952. The molecule has 0 saturated heterocycles. The number of nitrogens with zero attached hydrogens (tertiary/aromatic N) is 3. The molecular formula is C13H15N5O2. The van der Waals surface area contributed by atoms with Gasteiger partial charge in [0.05, 0.1) is 0 Å². The molecule has 0 atom stereocenters. The molecule has 0 spiro atoms. The van der Waals surface area contributed by atoms with E-state index in [2.05, 4.69) is 32.3 Å². The molecule has 0 radical (unpaired) electrons. The van der Waals surface area contributed by atoms with Crippen LogP contribution in [0, 0.1) is 13.8 Å². The fraction of sp³-hybridized carbons (Fsp3) is 0.231. The number of carbonyl (C=O) groups is 1. The van der Waals surface area contributed by atoms with Crippen molar-refractivity contribution in [1.82, 2.24) is 20.4 Å². The summed E-state index contributed by atoms with van der Waals surface area (Å²) in [5.41, 5.74) is 0.280. The van der Waals surface area contributed by atoms with Gasteiger partial charge >= 0.3 is 0 Å². The number of hydrogen-bond donors (Lipinski definition) is 2. The number of aryl methyl sites for hydroxylation is 2. The first kappa shape index (κ1) is 13.7. The zero-order chi connectivity index (χ0) is 14.5. The number of anilines is 2. The van der Waals surface area contributed by atoms with Crippen LogP contribution in [0.4, 0.5) is 11.6 Å². The minimum atomic E-state index is -0.283. The predicted molar refractivity (Wildman–Crippen MR) is 73.8 cm³/mol. The van der Waals surface area contributed by atoms with Gasteiger partial charge in [-0.25, -0.2) is 9.97 Å². The Bertz CT molecular complexity index is 635. The van der Waals surface area contributed by atoms with Gasteiger partial charge in [-0.3, -0.25) is 4.79 Å². The number of hydrogen-bond acceptors (Lipinski definition) is 6. The van der Waals surface area contributed by atoms with Crippen molar-refractivity contribution in [3.8, 4) is 0 Å². The standard InChI is InChI=1S/C13H15N5O2/c1-4-5-14-13(19)10-7-11(16-9(3)15-10)17-12-6-8(2)20-18-12/h4,6-7H,1,5H2,2-3H3,(H,14,19)(H,15,16,17,18). The Balaban J connectivity index is 2.19. The van der Waals surface area contributed by atoms with Crippen molar-refractivity contribution >= 4 is 17.5 Å². The number of amides is 1. The fourth-order valence-corrected chi connectivity index (χ4v) is 1.56. The van der Waals surface area contributed by atoms with Gasteiger partial charge in [0, 0.05) is 18.7 Å². The highest BCUT2D eigenvalue weighted by Crippen LogP contribution is 2.15. The number of aromatic nitrogens is 3. The number of rotatable bonds is 5. The van der Waals surface area contributed by atoms with Crippen molar-refractivity contribution < 1.29 is 9.32 Å². The Hall–Kier alpha value is -2.70. The molecule has 0 aliphatic carbocycles. The lowest BCUT2D eigenvalue weighted by atomic mass is 10.3. The molecule has 0 aromatic carbocycles. The van der Waals surface area contributed by atoms with Crippen LogP contribution in [0.2, 0.25) is 0 Å². The Labute approximate surface area is 116 Å². The molecule has 0 aliphatic heterocycles. The highest BCUT2D eigenvalue weighted by Gasteiger charge is 2.10. The van der Waals surface area contributed by atoms with Gasteiger partial charge < -0.3 is 15.2 Å². The smallest absolute Gasteiger partial charge is 0.270 e. The predicted octanol–water partition coefficient (Wildman–Crippen LogP) is 1.74. The molecule has 2 N–H and O–H groups in total. The summed E-state index contributed by atoms with van der Waals surface area (Å²) in [4.78, 5) is 20.1. The van der Waals surface area contributed by atoms with Crippen LogP contribution in [0.25, 0.3) is 0 Å². The summed E-state index contributed by atoms with van der Waals surface area (Å²) in [5.74, 6) is 1.89. The zero-order valence-corrected chi connectivity index (χ0v) is 11.3. The topological polar surface area (TPSA) is 92.9 Å². The Morgan fingerprint density at radius 1 is 1.35 bits per heavy atom. The molecule has 0 fully saturated rings. The quantitative estimate of drug-likeness (QED) is 0.806. The van der Waals surface area contributed by atoms with Gasteiger partial charge in [-0.05, 0) is 13.8 Å². The molecule has 0 unspecified atom stereocenters. The first-order valence-corrected chi connectivity index (χ1v) is 6.03. The molecule has 2 rings (SSSR count). The van der Waals surface area contributed by atoms with Crippen molar-refractivity contribution in [2.75, 3.05) is 11.9 Å². The first-order chi connectivity index (χ1) is 9.58. The van der Waals surface area contributed by atoms with E-state index in [0.29, 0.717) is 29.8 Å². The lowest BCUT2D eigenvalue weighted by Crippen LogP contribution is -2.24. The van der Waals surface area contributed by atoms with Crippen molar-refractivity contribution in [2.45, 2.75) is 13.8 Å². The highest BCUT2D eigenvalue weighted by molar-refractivity contribution is 5.93. The van der Waals surface area contributed by atoms with E-state index in [1.807, 2.05) is 0 Å². The molecule has 0 aliphatic rings. The van der Waals surface area contributed by atoms with E-state index in [1.165, 1.54) is 0 Å². The maximum Gasteiger partial charge on any atom is 0.270 e. The maximum atomic E-state index is 11.9.